The van der Waals surface area contributed by atoms with Crippen LogP contribution in [0.2, 0.25) is 0 Å². The van der Waals surface area contributed by atoms with Crippen molar-refractivity contribution in [1.82, 2.24) is 0 Å². The van der Waals surface area contributed by atoms with Gasteiger partial charge in [-0.15, -0.1) is 0 Å². The van der Waals surface area contributed by atoms with Crippen LogP contribution in [0, 0.1) is 0 Å². The van der Waals surface area contributed by atoms with Crippen molar-refractivity contribution in [3.05, 3.63) is 53.6 Å². The molecule has 1 atom stereocenters. The Bertz CT molecular complexity index is 652. The second-order valence-corrected chi connectivity index (χ2v) is 5.85. The van der Waals surface area contributed by atoms with Gasteiger partial charge in [-0.25, -0.2) is 0 Å². The number of methoxy groups -OCH3 is 1. The summed E-state index contributed by atoms with van der Waals surface area (Å²) in [4.78, 5) is 4.49. The lowest BCUT2D eigenvalue weighted by Crippen LogP contribution is -2.27. The molecule has 0 saturated heterocycles. The molecule has 2 N–H and O–H groups in total. The summed E-state index contributed by atoms with van der Waals surface area (Å²) in [5.74, 6) is 0.875. The normalized spacial score (nSPS) is 16.5. The molecule has 1 unspecified atom stereocenters. The summed E-state index contributed by atoms with van der Waals surface area (Å²) in [5, 5.41) is 0. The van der Waals surface area contributed by atoms with E-state index in [4.69, 9.17) is 10.5 Å². The van der Waals surface area contributed by atoms with E-state index in [0.717, 1.165) is 12.3 Å². The van der Waals surface area contributed by atoms with Gasteiger partial charge in [-0.2, -0.15) is 0 Å². The van der Waals surface area contributed by atoms with Crippen molar-refractivity contribution in [3.8, 4) is 5.75 Å². The average Bonchev–Trinajstić information content (AvgIpc) is 2.92. The summed E-state index contributed by atoms with van der Waals surface area (Å²) in [5.41, 5.74) is 11.2. The molecule has 116 valence electrons. The zero-order valence-corrected chi connectivity index (χ0v) is 13.4. The molecule has 2 aromatic rings. The molecular weight excluding hydrogens is 274 g/mol. The Labute approximate surface area is 132 Å². The highest BCUT2D eigenvalue weighted by Crippen LogP contribution is 2.38. The molecule has 1 aliphatic rings. The molecule has 0 bridgehead atoms. The van der Waals surface area contributed by atoms with E-state index >= 15 is 0 Å². The Kier molecular flexibility index (Phi) is 3.94. The molecule has 0 aliphatic carbocycles. The van der Waals surface area contributed by atoms with Gasteiger partial charge in [-0.1, -0.05) is 6.07 Å². The van der Waals surface area contributed by atoms with Crippen LogP contribution in [0.15, 0.2) is 42.5 Å². The number of nitrogens with two attached hydrogens (primary N) is 1. The monoisotopic (exact) mass is 297 g/mol. The third-order valence-corrected chi connectivity index (χ3v) is 4.35. The SMILES string of the molecule is COc1ccc(N2Cc3ccc(N(C)C)cc3C2CN)cc1. The predicted octanol–water partition coefficient (Wildman–Crippen LogP) is 2.78. The van der Waals surface area contributed by atoms with Gasteiger partial charge < -0.3 is 20.3 Å². The smallest absolute Gasteiger partial charge is 0.119 e. The van der Waals surface area contributed by atoms with Crippen LogP contribution in [-0.2, 0) is 6.54 Å². The number of fused-ring (bicyclic) bond motifs is 1. The van der Waals surface area contributed by atoms with Gasteiger partial charge in [0.2, 0.25) is 0 Å². The molecule has 3 rings (SSSR count). The fourth-order valence-electron chi connectivity index (χ4n) is 3.08. The number of rotatable bonds is 4. The molecule has 22 heavy (non-hydrogen) atoms. The first-order valence-corrected chi connectivity index (χ1v) is 7.55. The Morgan fingerprint density at radius 1 is 1.18 bits per heavy atom. The van der Waals surface area contributed by atoms with Crippen LogP contribution >= 0.6 is 0 Å². The number of nitrogens with zero attached hydrogens (tertiary/aromatic N) is 2. The lowest BCUT2D eigenvalue weighted by molar-refractivity contribution is 0.415. The van der Waals surface area contributed by atoms with Gasteiger partial charge in [0.25, 0.3) is 0 Å². The van der Waals surface area contributed by atoms with Crippen molar-refractivity contribution >= 4 is 11.4 Å². The summed E-state index contributed by atoms with van der Waals surface area (Å²) in [7, 11) is 5.82. The summed E-state index contributed by atoms with van der Waals surface area (Å²) in [6, 6.07) is 15.1. The predicted molar refractivity (Wildman–Crippen MR) is 91.7 cm³/mol. The summed E-state index contributed by atoms with van der Waals surface area (Å²) >= 11 is 0. The lowest BCUT2D eigenvalue weighted by atomic mass is 10.0. The second-order valence-electron chi connectivity index (χ2n) is 5.85. The van der Waals surface area contributed by atoms with Crippen molar-refractivity contribution in [3.63, 3.8) is 0 Å². The van der Waals surface area contributed by atoms with E-state index in [9.17, 15) is 0 Å². The molecular formula is C18H23N3O. The topological polar surface area (TPSA) is 41.7 Å². The van der Waals surface area contributed by atoms with Gasteiger partial charge in [0.1, 0.15) is 5.75 Å². The first-order chi connectivity index (χ1) is 10.6. The second kappa shape index (κ2) is 5.89. The average molecular weight is 297 g/mol. The fraction of sp³-hybridized carbons (Fsp3) is 0.333. The summed E-state index contributed by atoms with van der Waals surface area (Å²) in [6.07, 6.45) is 0. The highest BCUT2D eigenvalue weighted by molar-refractivity contribution is 5.60. The van der Waals surface area contributed by atoms with Crippen LogP contribution in [0.5, 0.6) is 5.75 Å². The third-order valence-electron chi connectivity index (χ3n) is 4.35. The minimum absolute atomic E-state index is 0.225. The molecule has 0 amide bonds. The van der Waals surface area contributed by atoms with Crippen LogP contribution in [0.25, 0.3) is 0 Å². The Hall–Kier alpha value is -2.20. The van der Waals surface area contributed by atoms with Gasteiger partial charge in [0, 0.05) is 38.6 Å². The number of ether oxygens (including phenoxy) is 1. The van der Waals surface area contributed by atoms with E-state index in [1.54, 1.807) is 7.11 Å². The van der Waals surface area contributed by atoms with Crippen molar-refractivity contribution < 1.29 is 4.74 Å². The molecule has 0 aromatic heterocycles. The summed E-state index contributed by atoms with van der Waals surface area (Å²) in [6.45, 7) is 1.51. The van der Waals surface area contributed by atoms with Gasteiger partial charge in [0.05, 0.1) is 13.2 Å². The first-order valence-electron chi connectivity index (χ1n) is 7.55. The van der Waals surface area contributed by atoms with Crippen LogP contribution < -0.4 is 20.3 Å². The Balaban J connectivity index is 1.94. The summed E-state index contributed by atoms with van der Waals surface area (Å²) < 4.78 is 5.24. The quantitative estimate of drug-likeness (QED) is 0.942. The first kappa shape index (κ1) is 14.7. The zero-order chi connectivity index (χ0) is 15.7. The Morgan fingerprint density at radius 2 is 1.91 bits per heavy atom. The molecule has 0 saturated carbocycles. The van der Waals surface area contributed by atoms with Crippen molar-refractivity contribution in [2.24, 2.45) is 5.73 Å². The molecule has 4 nitrogen and oxygen atoms in total. The zero-order valence-electron chi connectivity index (χ0n) is 13.4. The number of hydrogen-bond donors (Lipinski definition) is 1. The molecule has 2 aromatic carbocycles. The molecule has 1 heterocycles. The third kappa shape index (κ3) is 2.50. The maximum atomic E-state index is 6.08. The van der Waals surface area contributed by atoms with E-state index in [1.165, 1.54) is 22.5 Å². The minimum atomic E-state index is 0.225. The van der Waals surface area contributed by atoms with E-state index < -0.39 is 0 Å². The number of anilines is 2. The molecule has 4 heteroatoms. The largest absolute Gasteiger partial charge is 0.497 e. The van der Waals surface area contributed by atoms with Gasteiger partial charge >= 0.3 is 0 Å². The fourth-order valence-corrected chi connectivity index (χ4v) is 3.08. The highest BCUT2D eigenvalue weighted by Gasteiger charge is 2.29. The lowest BCUT2D eigenvalue weighted by Gasteiger charge is -2.26. The maximum Gasteiger partial charge on any atom is 0.119 e. The maximum absolute atomic E-state index is 6.08. The van der Waals surface area contributed by atoms with E-state index in [1.807, 2.05) is 12.1 Å². The van der Waals surface area contributed by atoms with Gasteiger partial charge in [-0.3, -0.25) is 0 Å². The Morgan fingerprint density at radius 3 is 2.50 bits per heavy atom. The van der Waals surface area contributed by atoms with E-state index in [0.29, 0.717) is 6.54 Å². The van der Waals surface area contributed by atoms with Crippen LogP contribution in [0.3, 0.4) is 0 Å². The van der Waals surface area contributed by atoms with Crippen molar-refractivity contribution in [2.45, 2.75) is 12.6 Å². The number of hydrogen-bond acceptors (Lipinski definition) is 4. The molecule has 0 fully saturated rings. The molecule has 0 radical (unpaired) electrons. The van der Waals surface area contributed by atoms with Crippen LogP contribution in [0.1, 0.15) is 17.2 Å². The number of benzene rings is 2. The minimum Gasteiger partial charge on any atom is -0.497 e. The van der Waals surface area contributed by atoms with E-state index in [2.05, 4.69) is 54.2 Å². The van der Waals surface area contributed by atoms with Crippen molar-refractivity contribution in [2.75, 3.05) is 37.5 Å². The van der Waals surface area contributed by atoms with Crippen molar-refractivity contribution in [1.29, 1.82) is 0 Å². The van der Waals surface area contributed by atoms with E-state index in [-0.39, 0.29) is 6.04 Å². The van der Waals surface area contributed by atoms with Crippen LogP contribution in [0.4, 0.5) is 11.4 Å². The van der Waals surface area contributed by atoms with Gasteiger partial charge in [-0.05, 0) is 47.5 Å². The van der Waals surface area contributed by atoms with Gasteiger partial charge in [0.15, 0.2) is 0 Å². The van der Waals surface area contributed by atoms with Crippen LogP contribution in [-0.4, -0.2) is 27.7 Å². The standard InChI is InChI=1S/C18H23N3O/c1-20(2)15-5-4-13-12-21(18(11-19)17(13)10-15)14-6-8-16(22-3)9-7-14/h4-10,18H,11-12,19H2,1-3H3. The molecule has 0 spiro atoms. The molecule has 1 aliphatic heterocycles. The highest BCUT2D eigenvalue weighted by atomic mass is 16.5.